The number of imide groups is 1. The molecule has 0 fully saturated rings. The number of hydrogen-bond acceptors (Lipinski definition) is 5. The minimum atomic E-state index is -1.01. The highest BCUT2D eigenvalue weighted by Crippen LogP contribution is 2.25. The summed E-state index contributed by atoms with van der Waals surface area (Å²) in [6.45, 7) is 3.85. The van der Waals surface area contributed by atoms with Crippen LogP contribution in [0.2, 0.25) is 0 Å². The van der Waals surface area contributed by atoms with E-state index in [-0.39, 0.29) is 6.61 Å². The Morgan fingerprint density at radius 1 is 1.00 bits per heavy atom. The third-order valence-electron chi connectivity index (χ3n) is 4.20. The van der Waals surface area contributed by atoms with Crippen molar-refractivity contribution >= 4 is 17.8 Å². The Kier molecular flexibility index (Phi) is 5.02. The molecule has 0 spiro atoms. The summed E-state index contributed by atoms with van der Waals surface area (Å²) in [5, 5.41) is 0. The number of carbonyl (C=O) groups excluding carboxylic acids is 3. The molecule has 0 bridgehead atoms. The zero-order chi connectivity index (χ0) is 18.7. The lowest BCUT2D eigenvalue weighted by atomic mass is 10.1. The first kappa shape index (κ1) is 17.7. The van der Waals surface area contributed by atoms with Gasteiger partial charge in [0.25, 0.3) is 11.8 Å². The van der Waals surface area contributed by atoms with E-state index >= 15 is 0 Å². The minimum Gasteiger partial charge on any atom is -0.493 e. The van der Waals surface area contributed by atoms with Crippen LogP contribution in [0.3, 0.4) is 0 Å². The van der Waals surface area contributed by atoms with Gasteiger partial charge in [-0.25, -0.2) is 4.79 Å². The Morgan fingerprint density at radius 3 is 2.19 bits per heavy atom. The highest BCUT2D eigenvalue weighted by atomic mass is 16.5. The summed E-state index contributed by atoms with van der Waals surface area (Å²) >= 11 is 0. The standard InChI is InChI=1S/C20H19NO5/c1-3-25-17-11-7-4-8-14(17)12-26-20(24)13(2)21-18(22)15-9-5-6-10-16(15)19(21)23/h4-11,13H,3,12H2,1-2H3/t13-/m0/s1. The normalized spacial score (nSPS) is 14.2. The van der Waals surface area contributed by atoms with Crippen molar-refractivity contribution in [1.29, 1.82) is 0 Å². The molecule has 0 aromatic heterocycles. The molecule has 2 aromatic rings. The van der Waals surface area contributed by atoms with Gasteiger partial charge in [-0.2, -0.15) is 0 Å². The molecule has 6 heteroatoms. The van der Waals surface area contributed by atoms with E-state index in [1.54, 1.807) is 36.4 Å². The smallest absolute Gasteiger partial charge is 0.329 e. The van der Waals surface area contributed by atoms with Gasteiger partial charge < -0.3 is 9.47 Å². The zero-order valence-electron chi connectivity index (χ0n) is 14.6. The predicted molar refractivity (Wildman–Crippen MR) is 93.8 cm³/mol. The fraction of sp³-hybridized carbons (Fsp3) is 0.250. The van der Waals surface area contributed by atoms with E-state index in [0.717, 1.165) is 10.5 Å². The van der Waals surface area contributed by atoms with Gasteiger partial charge in [-0.3, -0.25) is 14.5 Å². The molecule has 0 radical (unpaired) electrons. The van der Waals surface area contributed by atoms with Gasteiger partial charge >= 0.3 is 5.97 Å². The average molecular weight is 353 g/mol. The lowest BCUT2D eigenvalue weighted by Crippen LogP contribution is -2.43. The van der Waals surface area contributed by atoms with E-state index < -0.39 is 23.8 Å². The first-order valence-corrected chi connectivity index (χ1v) is 8.38. The van der Waals surface area contributed by atoms with Crippen molar-refractivity contribution in [3.05, 3.63) is 65.2 Å². The number of para-hydroxylation sites is 1. The molecule has 6 nitrogen and oxygen atoms in total. The van der Waals surface area contributed by atoms with Crippen LogP contribution in [0.1, 0.15) is 40.1 Å². The van der Waals surface area contributed by atoms with Crippen molar-refractivity contribution in [3.8, 4) is 5.75 Å². The Morgan fingerprint density at radius 2 is 1.58 bits per heavy atom. The lowest BCUT2D eigenvalue weighted by Gasteiger charge is -2.21. The molecule has 1 aliphatic rings. The number of nitrogens with zero attached hydrogens (tertiary/aromatic N) is 1. The number of amides is 2. The monoisotopic (exact) mass is 353 g/mol. The third-order valence-corrected chi connectivity index (χ3v) is 4.20. The van der Waals surface area contributed by atoms with Gasteiger partial charge in [-0.15, -0.1) is 0 Å². The van der Waals surface area contributed by atoms with Crippen molar-refractivity contribution in [2.24, 2.45) is 0 Å². The van der Waals surface area contributed by atoms with Gasteiger partial charge in [-0.1, -0.05) is 30.3 Å². The van der Waals surface area contributed by atoms with Crippen LogP contribution >= 0.6 is 0 Å². The lowest BCUT2D eigenvalue weighted by molar-refractivity contribution is -0.149. The van der Waals surface area contributed by atoms with E-state index in [0.29, 0.717) is 23.5 Å². The zero-order valence-corrected chi connectivity index (χ0v) is 14.6. The molecule has 0 saturated heterocycles. The number of esters is 1. The topological polar surface area (TPSA) is 72.9 Å². The number of carbonyl (C=O) groups is 3. The van der Waals surface area contributed by atoms with Crippen molar-refractivity contribution in [2.45, 2.75) is 26.5 Å². The number of fused-ring (bicyclic) bond motifs is 1. The second-order valence-electron chi connectivity index (χ2n) is 5.85. The molecule has 2 amide bonds. The van der Waals surface area contributed by atoms with Gasteiger partial charge in [-0.05, 0) is 32.0 Å². The molecule has 0 N–H and O–H groups in total. The molecule has 3 rings (SSSR count). The van der Waals surface area contributed by atoms with Crippen LogP contribution in [-0.2, 0) is 16.1 Å². The first-order valence-electron chi connectivity index (χ1n) is 8.38. The number of benzene rings is 2. The summed E-state index contributed by atoms with van der Waals surface area (Å²) in [5.74, 6) is -0.975. The second-order valence-corrected chi connectivity index (χ2v) is 5.85. The van der Waals surface area contributed by atoms with Gasteiger partial charge in [0.15, 0.2) is 0 Å². The largest absolute Gasteiger partial charge is 0.493 e. The van der Waals surface area contributed by atoms with E-state index in [9.17, 15) is 14.4 Å². The van der Waals surface area contributed by atoms with Crippen molar-refractivity contribution in [1.82, 2.24) is 4.90 Å². The maximum Gasteiger partial charge on any atom is 0.329 e. The third kappa shape index (κ3) is 3.18. The molecule has 2 aromatic carbocycles. The summed E-state index contributed by atoms with van der Waals surface area (Å²) in [5.41, 5.74) is 1.33. The van der Waals surface area contributed by atoms with E-state index in [1.807, 2.05) is 19.1 Å². The van der Waals surface area contributed by atoms with Crippen molar-refractivity contribution in [3.63, 3.8) is 0 Å². The summed E-state index contributed by atoms with van der Waals surface area (Å²) in [7, 11) is 0. The second kappa shape index (κ2) is 7.39. The van der Waals surface area contributed by atoms with Crippen molar-refractivity contribution in [2.75, 3.05) is 6.61 Å². The van der Waals surface area contributed by atoms with Gasteiger partial charge in [0.1, 0.15) is 18.4 Å². The fourth-order valence-electron chi connectivity index (χ4n) is 2.85. The van der Waals surface area contributed by atoms with Crippen LogP contribution < -0.4 is 4.74 Å². The quantitative estimate of drug-likeness (QED) is 0.590. The first-order chi connectivity index (χ1) is 12.5. The number of ether oxygens (including phenoxy) is 2. The van der Waals surface area contributed by atoms with Crippen LogP contribution in [0.5, 0.6) is 5.75 Å². The summed E-state index contributed by atoms with van der Waals surface area (Å²) in [6, 6.07) is 12.7. The Balaban J connectivity index is 1.70. The molecular weight excluding hydrogens is 334 g/mol. The van der Waals surface area contributed by atoms with Gasteiger partial charge in [0.2, 0.25) is 0 Å². The molecule has 0 unspecified atom stereocenters. The maximum atomic E-state index is 12.4. The highest BCUT2D eigenvalue weighted by molar-refractivity contribution is 6.22. The molecule has 1 atom stereocenters. The van der Waals surface area contributed by atoms with Crippen LogP contribution in [0.25, 0.3) is 0 Å². The van der Waals surface area contributed by atoms with Crippen LogP contribution in [0, 0.1) is 0 Å². The minimum absolute atomic E-state index is 0.00250. The van der Waals surface area contributed by atoms with E-state index in [2.05, 4.69) is 0 Å². The van der Waals surface area contributed by atoms with Crippen molar-refractivity contribution < 1.29 is 23.9 Å². The summed E-state index contributed by atoms with van der Waals surface area (Å²) in [6.07, 6.45) is 0. The maximum absolute atomic E-state index is 12.4. The summed E-state index contributed by atoms with van der Waals surface area (Å²) < 4.78 is 10.8. The Hall–Kier alpha value is -3.15. The molecule has 0 aliphatic carbocycles. The van der Waals surface area contributed by atoms with Gasteiger partial charge in [0, 0.05) is 5.56 Å². The van der Waals surface area contributed by atoms with Crippen LogP contribution in [0.4, 0.5) is 0 Å². The molecule has 134 valence electrons. The molecule has 26 heavy (non-hydrogen) atoms. The van der Waals surface area contributed by atoms with Crippen LogP contribution in [-0.4, -0.2) is 35.3 Å². The fourth-order valence-corrected chi connectivity index (χ4v) is 2.85. The van der Waals surface area contributed by atoms with Gasteiger partial charge in [0.05, 0.1) is 17.7 Å². The molecule has 1 heterocycles. The van der Waals surface area contributed by atoms with Crippen LogP contribution in [0.15, 0.2) is 48.5 Å². The Bertz CT molecular complexity index is 826. The average Bonchev–Trinajstić information content (AvgIpc) is 2.91. The summed E-state index contributed by atoms with van der Waals surface area (Å²) in [4.78, 5) is 38.2. The molecule has 1 aliphatic heterocycles. The molecular formula is C20H19NO5. The molecule has 0 saturated carbocycles. The van der Waals surface area contributed by atoms with E-state index in [4.69, 9.17) is 9.47 Å². The Labute approximate surface area is 151 Å². The highest BCUT2D eigenvalue weighted by Gasteiger charge is 2.41. The predicted octanol–water partition coefficient (Wildman–Crippen LogP) is 2.81. The SMILES string of the molecule is CCOc1ccccc1COC(=O)[C@H](C)N1C(=O)c2ccccc2C1=O. The van der Waals surface area contributed by atoms with E-state index in [1.165, 1.54) is 6.92 Å². The number of hydrogen-bond donors (Lipinski definition) is 0. The number of rotatable bonds is 6.